The first-order chi connectivity index (χ1) is 10.2. The van der Waals surface area contributed by atoms with Gasteiger partial charge in [0.1, 0.15) is 0 Å². The third kappa shape index (κ3) is 5.37. The van der Waals surface area contributed by atoms with Crippen molar-refractivity contribution in [1.82, 2.24) is 10.2 Å². The van der Waals surface area contributed by atoms with Crippen LogP contribution in [-0.2, 0) is 4.74 Å². The van der Waals surface area contributed by atoms with Crippen LogP contribution in [0.2, 0.25) is 0 Å². The maximum atomic E-state index is 5.68. The van der Waals surface area contributed by atoms with Crippen molar-refractivity contribution in [3.05, 3.63) is 0 Å². The van der Waals surface area contributed by atoms with E-state index in [1.807, 2.05) is 0 Å². The number of ether oxygens (including phenoxy) is 1. The lowest BCUT2D eigenvalue weighted by molar-refractivity contribution is 0.106. The Balaban J connectivity index is 1.86. The van der Waals surface area contributed by atoms with Gasteiger partial charge in [-0.1, -0.05) is 13.8 Å². The van der Waals surface area contributed by atoms with E-state index < -0.39 is 0 Å². The lowest BCUT2D eigenvalue weighted by atomic mass is 10.1. The van der Waals surface area contributed by atoms with E-state index in [9.17, 15) is 0 Å². The highest BCUT2D eigenvalue weighted by Crippen LogP contribution is 2.25. The maximum Gasteiger partial charge on any atom is 0.193 e. The molecule has 0 bridgehead atoms. The van der Waals surface area contributed by atoms with Gasteiger partial charge in [0.25, 0.3) is 0 Å². The SMILES string of the molecule is CCNC(=NCCC1CCCO1)N1CCSC(C(C)C)C1. The van der Waals surface area contributed by atoms with Gasteiger partial charge in [-0.15, -0.1) is 0 Å². The summed E-state index contributed by atoms with van der Waals surface area (Å²) in [5.74, 6) is 3.04. The molecule has 2 fully saturated rings. The molecule has 2 atom stereocenters. The van der Waals surface area contributed by atoms with Gasteiger partial charge in [-0.2, -0.15) is 11.8 Å². The van der Waals surface area contributed by atoms with Gasteiger partial charge in [-0.05, 0) is 32.1 Å². The molecule has 0 saturated carbocycles. The van der Waals surface area contributed by atoms with E-state index in [1.165, 1.54) is 18.6 Å². The fourth-order valence-electron chi connectivity index (χ4n) is 2.88. The number of hydrogen-bond donors (Lipinski definition) is 1. The number of thioether (sulfide) groups is 1. The molecule has 2 unspecified atom stereocenters. The summed E-state index contributed by atoms with van der Waals surface area (Å²) in [7, 11) is 0. The lowest BCUT2D eigenvalue weighted by Gasteiger charge is -2.36. The molecule has 1 N–H and O–H groups in total. The van der Waals surface area contributed by atoms with Crippen LogP contribution in [0, 0.1) is 5.92 Å². The summed E-state index contributed by atoms with van der Waals surface area (Å²) < 4.78 is 5.68. The van der Waals surface area contributed by atoms with Crippen LogP contribution in [0.25, 0.3) is 0 Å². The predicted molar refractivity (Wildman–Crippen MR) is 92.2 cm³/mol. The Morgan fingerprint density at radius 3 is 3.00 bits per heavy atom. The summed E-state index contributed by atoms with van der Waals surface area (Å²) in [5.41, 5.74) is 0. The van der Waals surface area contributed by atoms with Crippen LogP contribution in [0.4, 0.5) is 0 Å². The number of hydrogen-bond acceptors (Lipinski definition) is 3. The summed E-state index contributed by atoms with van der Waals surface area (Å²) in [6.45, 7) is 11.8. The highest BCUT2D eigenvalue weighted by Gasteiger charge is 2.25. The molecule has 0 aromatic heterocycles. The number of aliphatic imine (C=N–C) groups is 1. The van der Waals surface area contributed by atoms with Gasteiger partial charge >= 0.3 is 0 Å². The van der Waals surface area contributed by atoms with Crippen molar-refractivity contribution in [2.24, 2.45) is 10.9 Å². The van der Waals surface area contributed by atoms with Crippen LogP contribution >= 0.6 is 11.8 Å². The number of rotatable bonds is 5. The zero-order chi connectivity index (χ0) is 15.1. The van der Waals surface area contributed by atoms with Gasteiger partial charge in [0.05, 0.1) is 6.10 Å². The van der Waals surface area contributed by atoms with E-state index in [0.717, 1.165) is 56.3 Å². The highest BCUT2D eigenvalue weighted by atomic mass is 32.2. The lowest BCUT2D eigenvalue weighted by Crippen LogP contribution is -2.49. The molecule has 0 radical (unpaired) electrons. The van der Waals surface area contributed by atoms with Crippen LogP contribution in [-0.4, -0.2) is 60.8 Å². The number of nitrogens with zero attached hydrogens (tertiary/aromatic N) is 2. The first-order valence-electron chi connectivity index (χ1n) is 8.47. The third-order valence-electron chi connectivity index (χ3n) is 4.21. The molecule has 4 nitrogen and oxygen atoms in total. The number of guanidine groups is 1. The molecule has 0 aromatic rings. The Labute approximate surface area is 134 Å². The van der Waals surface area contributed by atoms with Crippen molar-refractivity contribution in [2.45, 2.75) is 51.4 Å². The van der Waals surface area contributed by atoms with Gasteiger partial charge < -0.3 is 15.0 Å². The molecule has 2 aliphatic rings. The Hall–Kier alpha value is -0.420. The summed E-state index contributed by atoms with van der Waals surface area (Å²) in [6, 6.07) is 0. The van der Waals surface area contributed by atoms with Gasteiger partial charge in [0.2, 0.25) is 0 Å². The van der Waals surface area contributed by atoms with E-state index >= 15 is 0 Å². The van der Waals surface area contributed by atoms with Crippen LogP contribution < -0.4 is 5.32 Å². The van der Waals surface area contributed by atoms with Crippen LogP contribution in [0.5, 0.6) is 0 Å². The summed E-state index contributed by atoms with van der Waals surface area (Å²) in [6.07, 6.45) is 3.93. The van der Waals surface area contributed by atoms with Gasteiger partial charge in [-0.3, -0.25) is 4.99 Å². The predicted octanol–water partition coefficient (Wildman–Crippen LogP) is 2.59. The molecule has 21 heavy (non-hydrogen) atoms. The first kappa shape index (κ1) is 16.9. The molecular formula is C16H31N3OS. The molecule has 2 saturated heterocycles. The van der Waals surface area contributed by atoms with E-state index in [1.54, 1.807) is 0 Å². The minimum Gasteiger partial charge on any atom is -0.378 e. The average molecular weight is 314 g/mol. The zero-order valence-electron chi connectivity index (χ0n) is 13.8. The van der Waals surface area contributed by atoms with Crippen molar-refractivity contribution in [3.8, 4) is 0 Å². The van der Waals surface area contributed by atoms with Gasteiger partial charge in [-0.25, -0.2) is 0 Å². The molecule has 0 amide bonds. The minimum atomic E-state index is 0.442. The largest absolute Gasteiger partial charge is 0.378 e. The molecule has 0 spiro atoms. The highest BCUT2D eigenvalue weighted by molar-refractivity contribution is 8.00. The van der Waals surface area contributed by atoms with Crippen LogP contribution in [0.15, 0.2) is 4.99 Å². The topological polar surface area (TPSA) is 36.9 Å². The fraction of sp³-hybridized carbons (Fsp3) is 0.938. The van der Waals surface area contributed by atoms with E-state index in [0.29, 0.717) is 6.10 Å². The second-order valence-electron chi connectivity index (χ2n) is 6.26. The first-order valence-corrected chi connectivity index (χ1v) is 9.52. The molecule has 0 aliphatic carbocycles. The smallest absolute Gasteiger partial charge is 0.193 e. The molecule has 2 rings (SSSR count). The fourth-order valence-corrected chi connectivity index (χ4v) is 4.18. The van der Waals surface area contributed by atoms with Crippen molar-refractivity contribution < 1.29 is 4.74 Å². The van der Waals surface area contributed by atoms with Gasteiger partial charge in [0, 0.05) is 43.8 Å². The van der Waals surface area contributed by atoms with Crippen molar-refractivity contribution in [3.63, 3.8) is 0 Å². The normalized spacial score (nSPS) is 27.4. The Morgan fingerprint density at radius 2 is 2.33 bits per heavy atom. The second kappa shape index (κ2) is 8.89. The summed E-state index contributed by atoms with van der Waals surface area (Å²) >= 11 is 2.11. The second-order valence-corrected chi connectivity index (χ2v) is 7.61. The quantitative estimate of drug-likeness (QED) is 0.625. The average Bonchev–Trinajstić information content (AvgIpc) is 3.00. The zero-order valence-corrected chi connectivity index (χ0v) is 14.6. The molecule has 2 aliphatic heterocycles. The third-order valence-corrected chi connectivity index (χ3v) is 5.75. The minimum absolute atomic E-state index is 0.442. The van der Waals surface area contributed by atoms with Crippen molar-refractivity contribution in [2.75, 3.05) is 38.5 Å². The molecule has 2 heterocycles. The van der Waals surface area contributed by atoms with E-state index in [2.05, 4.69) is 42.7 Å². The molecule has 122 valence electrons. The summed E-state index contributed by atoms with van der Waals surface area (Å²) in [4.78, 5) is 7.28. The molecular weight excluding hydrogens is 282 g/mol. The Morgan fingerprint density at radius 1 is 1.48 bits per heavy atom. The molecule has 5 heteroatoms. The standard InChI is InChI=1S/C16H31N3OS/c1-4-17-16(18-8-7-14-6-5-10-20-14)19-9-11-21-15(12-19)13(2)3/h13-15H,4-12H2,1-3H3,(H,17,18). The van der Waals surface area contributed by atoms with E-state index in [-0.39, 0.29) is 0 Å². The van der Waals surface area contributed by atoms with E-state index in [4.69, 9.17) is 9.73 Å². The van der Waals surface area contributed by atoms with Crippen molar-refractivity contribution in [1.29, 1.82) is 0 Å². The Kier molecular flexibility index (Phi) is 7.17. The van der Waals surface area contributed by atoms with Gasteiger partial charge in [0.15, 0.2) is 5.96 Å². The monoisotopic (exact) mass is 313 g/mol. The van der Waals surface area contributed by atoms with Crippen LogP contribution in [0.1, 0.15) is 40.0 Å². The molecule has 0 aromatic carbocycles. The Bertz CT molecular complexity index is 329. The summed E-state index contributed by atoms with van der Waals surface area (Å²) in [5, 5.41) is 4.19. The van der Waals surface area contributed by atoms with Crippen molar-refractivity contribution >= 4 is 17.7 Å². The van der Waals surface area contributed by atoms with Crippen LogP contribution in [0.3, 0.4) is 0 Å². The maximum absolute atomic E-state index is 5.68. The number of nitrogens with one attached hydrogen (secondary N) is 1.